The van der Waals surface area contributed by atoms with Crippen LogP contribution in [0.5, 0.6) is 5.75 Å². The van der Waals surface area contributed by atoms with Crippen molar-refractivity contribution in [3.8, 4) is 16.9 Å². The van der Waals surface area contributed by atoms with E-state index in [-0.39, 0.29) is 35.7 Å². The lowest BCUT2D eigenvalue weighted by Gasteiger charge is -2.39. The number of pyridine rings is 2. The third kappa shape index (κ3) is 11.9. The molecule has 1 aliphatic carbocycles. The number of aliphatic hydroxyl groups excluding tert-OH is 1. The van der Waals surface area contributed by atoms with E-state index in [1.165, 1.54) is 19.3 Å². The van der Waals surface area contributed by atoms with Crippen LogP contribution >= 0.6 is 0 Å². The quantitative estimate of drug-likeness (QED) is 0.143. The molecule has 2 aliphatic rings. The molecule has 1 amide bonds. The van der Waals surface area contributed by atoms with E-state index in [4.69, 9.17) is 4.74 Å². The minimum Gasteiger partial charge on any atom is -0.487 e. The molecule has 1 aliphatic heterocycles. The molecule has 8 nitrogen and oxygen atoms in total. The lowest BCUT2D eigenvalue weighted by molar-refractivity contribution is 0.0582. The molecule has 3 unspecified atom stereocenters. The summed E-state index contributed by atoms with van der Waals surface area (Å²) in [7, 11) is 0. The molecule has 3 heterocycles. The van der Waals surface area contributed by atoms with Gasteiger partial charge >= 0.3 is 0 Å². The molecule has 0 radical (unpaired) electrons. The summed E-state index contributed by atoms with van der Waals surface area (Å²) in [5.41, 5.74) is 4.36. The number of aliphatic hydroxyl groups is 1. The summed E-state index contributed by atoms with van der Waals surface area (Å²) < 4.78 is 7.99. The van der Waals surface area contributed by atoms with Crippen LogP contribution in [-0.2, 0) is 6.42 Å². The second-order valence-corrected chi connectivity index (χ2v) is 15.1. The van der Waals surface area contributed by atoms with Gasteiger partial charge in [-0.3, -0.25) is 14.6 Å². The Morgan fingerprint density at radius 1 is 0.981 bits per heavy atom. The molecule has 2 aromatic carbocycles. The number of carbonyl (C=O) groups is 1. The maximum Gasteiger partial charge on any atom is 0.258 e. The molecule has 3 atom stereocenters. The number of hydrogen-bond donors (Lipinski definition) is 3. The molecule has 1 fully saturated rings. The third-order valence-corrected chi connectivity index (χ3v) is 9.79. The fraction of sp³-hybridized carbons (Fsp3) is 0.489. The third-order valence-electron chi connectivity index (χ3n) is 9.79. The summed E-state index contributed by atoms with van der Waals surface area (Å²) in [4.78, 5) is 31.8. The minimum absolute atomic E-state index is 0.0146. The maximum atomic E-state index is 14.0. The highest BCUT2D eigenvalue weighted by molar-refractivity contribution is 5.95. The predicted molar refractivity (Wildman–Crippen MR) is 217 cm³/mol. The van der Waals surface area contributed by atoms with Crippen LogP contribution < -0.4 is 20.9 Å². The van der Waals surface area contributed by atoms with Gasteiger partial charge in [0.25, 0.3) is 11.5 Å². The van der Waals surface area contributed by atoms with Crippen molar-refractivity contribution in [2.24, 2.45) is 0 Å². The van der Waals surface area contributed by atoms with E-state index in [9.17, 15) is 14.7 Å². The average Bonchev–Trinajstić information content (AvgIpc) is 3.70. The van der Waals surface area contributed by atoms with Gasteiger partial charge in [0.15, 0.2) is 0 Å². The SMILES string of the molecule is CCC.CCCC.Cc1ccc2c(c1)C(NCC(O)C(Cc1ccccc1)NC(=O)c1cc(-c3ccncc3)c(=O)n(C3CCCC3)c1)CC(C)(C)O2. The first kappa shape index (κ1) is 41.5. The topological polar surface area (TPSA) is 105 Å². The Labute approximate surface area is 317 Å². The number of benzene rings is 2. The molecule has 6 rings (SSSR count). The predicted octanol–water partition coefficient (Wildman–Crippen LogP) is 9.15. The number of rotatable bonds is 11. The van der Waals surface area contributed by atoms with Crippen LogP contribution in [0.4, 0.5) is 0 Å². The first-order valence-electron chi connectivity index (χ1n) is 19.7. The summed E-state index contributed by atoms with van der Waals surface area (Å²) in [5.74, 6) is 0.528. The molecular weight excluding hydrogens is 661 g/mol. The van der Waals surface area contributed by atoms with Crippen LogP contribution in [-0.4, -0.2) is 44.9 Å². The van der Waals surface area contributed by atoms with Crippen molar-refractivity contribution in [3.63, 3.8) is 0 Å². The second-order valence-electron chi connectivity index (χ2n) is 15.1. The largest absolute Gasteiger partial charge is 0.487 e. The Morgan fingerprint density at radius 3 is 2.28 bits per heavy atom. The van der Waals surface area contributed by atoms with E-state index in [1.54, 1.807) is 41.4 Å². The Hall–Kier alpha value is -4.27. The number of fused-ring (bicyclic) bond motifs is 1. The van der Waals surface area contributed by atoms with Crippen molar-refractivity contribution >= 4 is 5.91 Å². The van der Waals surface area contributed by atoms with Crippen molar-refractivity contribution < 1.29 is 14.6 Å². The monoisotopic (exact) mass is 722 g/mol. The molecule has 0 bridgehead atoms. The van der Waals surface area contributed by atoms with Gasteiger partial charge in [-0.25, -0.2) is 0 Å². The van der Waals surface area contributed by atoms with Crippen LogP contribution in [0.25, 0.3) is 11.1 Å². The highest BCUT2D eigenvalue weighted by atomic mass is 16.5. The van der Waals surface area contributed by atoms with Crippen molar-refractivity contribution in [3.05, 3.63) is 118 Å². The maximum absolute atomic E-state index is 14.0. The van der Waals surface area contributed by atoms with Gasteiger partial charge in [-0.05, 0) is 75.4 Å². The summed E-state index contributed by atoms with van der Waals surface area (Å²) >= 11 is 0. The lowest BCUT2D eigenvalue weighted by atomic mass is 9.88. The van der Waals surface area contributed by atoms with Gasteiger partial charge < -0.3 is 25.0 Å². The normalized spacial score (nSPS) is 17.2. The molecule has 0 saturated heterocycles. The zero-order chi connectivity index (χ0) is 38.4. The summed E-state index contributed by atoms with van der Waals surface area (Å²) in [5, 5.41) is 18.4. The lowest BCUT2D eigenvalue weighted by Crippen LogP contribution is -2.50. The Balaban J connectivity index is 0.000000827. The van der Waals surface area contributed by atoms with E-state index in [2.05, 4.69) is 70.2 Å². The van der Waals surface area contributed by atoms with E-state index >= 15 is 0 Å². The van der Waals surface area contributed by atoms with Gasteiger partial charge in [0, 0.05) is 54.8 Å². The number of hydrogen-bond acceptors (Lipinski definition) is 6. The minimum atomic E-state index is -0.885. The van der Waals surface area contributed by atoms with Crippen LogP contribution in [0.15, 0.2) is 90.1 Å². The zero-order valence-corrected chi connectivity index (χ0v) is 33.0. The number of unbranched alkanes of at least 4 members (excludes halogenated alkanes) is 1. The number of nitrogens with zero attached hydrogens (tertiary/aromatic N) is 2. The molecule has 8 heteroatoms. The fourth-order valence-electron chi connectivity index (χ4n) is 6.88. The van der Waals surface area contributed by atoms with Crippen LogP contribution in [0.3, 0.4) is 0 Å². The second kappa shape index (κ2) is 20.3. The summed E-state index contributed by atoms with van der Waals surface area (Å²) in [6.07, 6.45) is 13.1. The number of carbonyl (C=O) groups excluding carboxylic acids is 1. The Morgan fingerprint density at radius 2 is 1.64 bits per heavy atom. The van der Waals surface area contributed by atoms with E-state index < -0.39 is 12.1 Å². The van der Waals surface area contributed by atoms with Crippen LogP contribution in [0.1, 0.15) is 132 Å². The molecular formula is C45H62N4O4. The smallest absolute Gasteiger partial charge is 0.258 e. The van der Waals surface area contributed by atoms with Gasteiger partial charge in [0.1, 0.15) is 11.4 Å². The van der Waals surface area contributed by atoms with Gasteiger partial charge in [-0.1, -0.05) is 108 Å². The number of aromatic nitrogens is 2. The first-order valence-corrected chi connectivity index (χ1v) is 19.7. The van der Waals surface area contributed by atoms with Gasteiger partial charge in [0.05, 0.1) is 17.7 Å². The van der Waals surface area contributed by atoms with Crippen molar-refractivity contribution in [1.29, 1.82) is 0 Å². The van der Waals surface area contributed by atoms with Crippen molar-refractivity contribution in [2.45, 2.75) is 136 Å². The van der Waals surface area contributed by atoms with Crippen molar-refractivity contribution in [2.75, 3.05) is 6.54 Å². The van der Waals surface area contributed by atoms with Crippen molar-refractivity contribution in [1.82, 2.24) is 20.2 Å². The fourth-order valence-corrected chi connectivity index (χ4v) is 6.88. The Bertz CT molecular complexity index is 1760. The van der Waals surface area contributed by atoms with Crippen LogP contribution in [0.2, 0.25) is 0 Å². The number of nitrogens with one attached hydrogen (secondary N) is 2. The highest BCUT2D eigenvalue weighted by Crippen LogP contribution is 2.40. The van der Waals surface area contributed by atoms with Gasteiger partial charge in [-0.2, -0.15) is 0 Å². The molecule has 4 aromatic rings. The van der Waals surface area contributed by atoms with Crippen LogP contribution in [0, 0.1) is 6.92 Å². The average molecular weight is 723 g/mol. The number of aryl methyl sites for hydroxylation is 1. The number of amides is 1. The number of ether oxygens (including phenoxy) is 1. The molecule has 286 valence electrons. The molecule has 53 heavy (non-hydrogen) atoms. The zero-order valence-electron chi connectivity index (χ0n) is 33.0. The standard InChI is InChI=1S/C38H44N4O4.C4H10.C3H8/c1-25-13-14-35-31(19-25)33(22-38(2,3)46-35)40-23-34(43)32(20-26-9-5-4-6-10-26)41-36(44)28-21-30(27-15-17-39-18-16-27)37(45)42(24-28)29-11-7-8-12-29;1-3-4-2;1-3-2/h4-6,9-10,13-19,21,24,29,32-34,40,43H,7-8,11-12,20,22-23H2,1-3H3,(H,41,44);3-4H2,1-2H3;3H2,1-2H3. The summed E-state index contributed by atoms with van der Waals surface area (Å²) in [6.45, 7) is 15.1. The summed E-state index contributed by atoms with van der Waals surface area (Å²) in [6, 6.07) is 20.8. The highest BCUT2D eigenvalue weighted by Gasteiger charge is 2.34. The van der Waals surface area contributed by atoms with E-state index in [1.807, 2.05) is 42.5 Å². The molecule has 2 aromatic heterocycles. The van der Waals surface area contributed by atoms with E-state index in [0.717, 1.165) is 60.1 Å². The van der Waals surface area contributed by atoms with E-state index in [0.29, 0.717) is 17.5 Å². The molecule has 0 spiro atoms. The molecule has 1 saturated carbocycles. The van der Waals surface area contributed by atoms with Gasteiger partial charge in [0.2, 0.25) is 0 Å². The Kier molecular flexibility index (Phi) is 15.9. The first-order chi connectivity index (χ1) is 25.5. The molecule has 3 N–H and O–H groups in total. The van der Waals surface area contributed by atoms with Gasteiger partial charge in [-0.15, -0.1) is 0 Å².